The highest BCUT2D eigenvalue weighted by Crippen LogP contribution is 2.53. The molecule has 1 fully saturated rings. The number of carbonyl (C=O) groups excluding carboxylic acids is 1. The Hall–Kier alpha value is -3.48. The van der Waals surface area contributed by atoms with Crippen LogP contribution in [-0.4, -0.2) is 71.9 Å². The third-order valence-corrected chi connectivity index (χ3v) is 9.37. The van der Waals surface area contributed by atoms with Crippen LogP contribution in [0.25, 0.3) is 0 Å². The molecule has 2 unspecified atom stereocenters. The fourth-order valence-electron chi connectivity index (χ4n) is 5.26. The Morgan fingerprint density at radius 3 is 2.47 bits per heavy atom. The maximum Gasteiger partial charge on any atom is 0.255 e. The smallest absolute Gasteiger partial charge is 0.255 e. The van der Waals surface area contributed by atoms with E-state index in [9.17, 15) is 19.0 Å². The van der Waals surface area contributed by atoms with Crippen LogP contribution in [0.3, 0.4) is 0 Å². The zero-order valence-corrected chi connectivity index (χ0v) is 25.9. The van der Waals surface area contributed by atoms with E-state index in [1.54, 1.807) is 23.5 Å². The van der Waals surface area contributed by atoms with E-state index >= 15 is 0 Å². The lowest BCUT2D eigenvalue weighted by atomic mass is 10.00. The summed E-state index contributed by atoms with van der Waals surface area (Å²) in [6, 6.07) is 20.3. The van der Waals surface area contributed by atoms with Gasteiger partial charge in [-0.25, -0.2) is 0 Å². The number of carbonyl (C=O) groups is 1. The van der Waals surface area contributed by atoms with E-state index < -0.39 is 28.8 Å². The molecular formula is C32H44N4O6S. The van der Waals surface area contributed by atoms with Gasteiger partial charge in [-0.1, -0.05) is 42.5 Å². The fourth-order valence-corrected chi connectivity index (χ4v) is 6.94. The maximum atomic E-state index is 13.9. The van der Waals surface area contributed by atoms with Crippen LogP contribution in [-0.2, 0) is 13.0 Å². The third-order valence-electron chi connectivity index (χ3n) is 7.45. The van der Waals surface area contributed by atoms with E-state index in [2.05, 4.69) is 16.0 Å². The van der Waals surface area contributed by atoms with Crippen molar-refractivity contribution in [3.8, 4) is 11.5 Å². The van der Waals surface area contributed by atoms with Gasteiger partial charge in [0.2, 0.25) is 0 Å². The van der Waals surface area contributed by atoms with Gasteiger partial charge in [0.05, 0.1) is 37.7 Å². The second kappa shape index (κ2) is 15.3. The molecule has 1 heterocycles. The largest absolute Gasteiger partial charge is 0.497 e. The summed E-state index contributed by atoms with van der Waals surface area (Å²) in [5.74, 6) is 0.842. The van der Waals surface area contributed by atoms with Gasteiger partial charge in [0.25, 0.3) is 5.91 Å². The van der Waals surface area contributed by atoms with Gasteiger partial charge in [0.15, 0.2) is 5.75 Å². The van der Waals surface area contributed by atoms with Crippen LogP contribution >= 0.6 is 10.8 Å². The molecule has 1 aliphatic heterocycles. The molecule has 10 nitrogen and oxygen atoms in total. The summed E-state index contributed by atoms with van der Waals surface area (Å²) >= 11 is 0. The van der Waals surface area contributed by atoms with Gasteiger partial charge in [0.1, 0.15) is 11.4 Å². The number of hydrogen-bond donors (Lipinski definition) is 6. The maximum absolute atomic E-state index is 13.9. The van der Waals surface area contributed by atoms with Gasteiger partial charge in [-0.3, -0.25) is 18.2 Å². The molecule has 6 N–H and O–H groups in total. The number of nitrogens with zero attached hydrogens (tertiary/aromatic N) is 1. The zero-order chi connectivity index (χ0) is 30.8. The third kappa shape index (κ3) is 8.55. The first-order valence-corrected chi connectivity index (χ1v) is 16.3. The first-order valence-electron chi connectivity index (χ1n) is 14.6. The molecule has 0 spiro atoms. The molecule has 1 amide bonds. The Bertz CT molecular complexity index is 1340. The van der Waals surface area contributed by atoms with E-state index in [-0.39, 0.29) is 23.6 Å². The van der Waals surface area contributed by atoms with Crippen LogP contribution in [0.1, 0.15) is 41.3 Å². The first-order chi connectivity index (χ1) is 20.7. The molecule has 3 aromatic rings. The number of methoxy groups -OCH3 is 2. The molecule has 0 radical (unpaired) electrons. The zero-order valence-electron chi connectivity index (χ0n) is 25.1. The monoisotopic (exact) mass is 612 g/mol. The molecule has 4 rings (SSSR count). The molecule has 43 heavy (non-hydrogen) atoms. The normalized spacial score (nSPS) is 16.6. The molecular weight excluding hydrogens is 568 g/mol. The van der Waals surface area contributed by atoms with Crippen molar-refractivity contribution in [2.45, 2.75) is 44.9 Å². The minimum Gasteiger partial charge on any atom is -0.497 e. The molecule has 1 aliphatic rings. The minimum atomic E-state index is -3.06. The van der Waals surface area contributed by atoms with Crippen molar-refractivity contribution in [1.29, 1.82) is 0 Å². The van der Waals surface area contributed by atoms with Crippen molar-refractivity contribution >= 4 is 28.1 Å². The molecule has 1 saturated heterocycles. The highest BCUT2D eigenvalue weighted by Gasteiger charge is 2.32. The Kier molecular flexibility index (Phi) is 11.5. The van der Waals surface area contributed by atoms with Crippen LogP contribution in [0.4, 0.5) is 11.4 Å². The van der Waals surface area contributed by atoms with Crippen molar-refractivity contribution in [3.63, 3.8) is 0 Å². The summed E-state index contributed by atoms with van der Waals surface area (Å²) in [5.41, 5.74) is 3.33. The van der Waals surface area contributed by atoms with Crippen LogP contribution in [0.2, 0.25) is 0 Å². The second-order valence-corrected chi connectivity index (χ2v) is 12.7. The summed E-state index contributed by atoms with van der Waals surface area (Å²) < 4.78 is 34.4. The lowest BCUT2D eigenvalue weighted by Crippen LogP contribution is -2.48. The van der Waals surface area contributed by atoms with Crippen LogP contribution in [0.15, 0.2) is 66.7 Å². The average molecular weight is 613 g/mol. The number of hydrogen-bond acceptors (Lipinski definition) is 9. The molecule has 3 aromatic carbocycles. The Balaban J connectivity index is 1.59. The van der Waals surface area contributed by atoms with Crippen molar-refractivity contribution in [3.05, 3.63) is 83.4 Å². The minimum absolute atomic E-state index is 0.240. The summed E-state index contributed by atoms with van der Waals surface area (Å²) in [5, 5.41) is 20.9. The average Bonchev–Trinajstić information content (AvgIpc) is 3.00. The Morgan fingerprint density at radius 1 is 1.00 bits per heavy atom. The number of rotatable bonds is 14. The fraction of sp³-hybridized carbons (Fsp3) is 0.406. The molecule has 2 atom stereocenters. The molecule has 234 valence electrons. The van der Waals surface area contributed by atoms with Crippen molar-refractivity contribution in [2.24, 2.45) is 0 Å². The summed E-state index contributed by atoms with van der Waals surface area (Å²) in [4.78, 5) is 13.9. The first kappa shape index (κ1) is 32.4. The van der Waals surface area contributed by atoms with Crippen molar-refractivity contribution in [1.82, 2.24) is 10.6 Å². The van der Waals surface area contributed by atoms with Gasteiger partial charge in [-0.2, -0.15) is 0 Å². The van der Waals surface area contributed by atoms with Gasteiger partial charge in [-0.05, 0) is 61.6 Å². The molecule has 0 aliphatic carbocycles. The topological polar surface area (TPSA) is 136 Å². The quantitative estimate of drug-likeness (QED) is 0.150. The number of ether oxygens (including phenoxy) is 2. The number of nitrogens with one attached hydrogen (secondary N) is 3. The number of benzene rings is 3. The Labute approximate surface area is 255 Å². The predicted octanol–water partition coefficient (Wildman–Crippen LogP) is 4.89. The summed E-state index contributed by atoms with van der Waals surface area (Å²) in [6.45, 7) is 3.75. The number of anilines is 2. The number of aliphatic hydroxyl groups excluding tert-OH is 1. The van der Waals surface area contributed by atoms with Crippen molar-refractivity contribution < 1.29 is 28.5 Å². The standard InChI is InChI=1S/C32H44N4O6S/c1-4-34-25-19-27(31(42-3)29(20-25)36-15-8-9-16-43(36,39)40)32(38)35-28(18-23-11-6-5-7-12-23)30(37)22-33-21-24-13-10-14-26(17-24)41-2/h5-7,10-14,17,19-20,28,30,33-34,37,39-40H,4,8-9,15-16,18,21-22H2,1-3H3,(H,35,38). The predicted molar refractivity (Wildman–Crippen MR) is 174 cm³/mol. The highest BCUT2D eigenvalue weighted by atomic mass is 32.3. The second-order valence-electron chi connectivity index (χ2n) is 10.6. The number of aliphatic hydroxyl groups is 1. The van der Waals surface area contributed by atoms with E-state index in [4.69, 9.17) is 9.47 Å². The van der Waals surface area contributed by atoms with E-state index in [0.29, 0.717) is 43.9 Å². The van der Waals surface area contributed by atoms with Crippen LogP contribution in [0, 0.1) is 0 Å². The molecule has 0 saturated carbocycles. The van der Waals surface area contributed by atoms with Crippen LogP contribution < -0.4 is 29.7 Å². The highest BCUT2D eigenvalue weighted by molar-refractivity contribution is 8.25. The van der Waals surface area contributed by atoms with E-state index in [1.165, 1.54) is 7.11 Å². The summed E-state index contributed by atoms with van der Waals surface area (Å²) in [6.07, 6.45) is 1.00. The lowest BCUT2D eigenvalue weighted by Gasteiger charge is -2.47. The van der Waals surface area contributed by atoms with Crippen LogP contribution in [0.5, 0.6) is 11.5 Å². The van der Waals surface area contributed by atoms with Gasteiger partial charge < -0.3 is 30.5 Å². The molecule has 0 bridgehead atoms. The number of amides is 1. The molecule has 0 aromatic heterocycles. The molecule has 11 heteroatoms. The van der Waals surface area contributed by atoms with Gasteiger partial charge in [0, 0.05) is 31.9 Å². The SMILES string of the molecule is CCNc1cc(C(=O)NC(Cc2ccccc2)C(O)CNCc2cccc(OC)c2)c(OC)c(N2CCCCS2(O)O)c1. The van der Waals surface area contributed by atoms with Crippen molar-refractivity contribution in [2.75, 3.05) is 49.2 Å². The lowest BCUT2D eigenvalue weighted by molar-refractivity contribution is 0.0827. The van der Waals surface area contributed by atoms with Gasteiger partial charge >= 0.3 is 0 Å². The van der Waals surface area contributed by atoms with E-state index in [0.717, 1.165) is 23.3 Å². The Morgan fingerprint density at radius 2 is 1.77 bits per heavy atom. The van der Waals surface area contributed by atoms with Gasteiger partial charge in [-0.15, -0.1) is 10.8 Å². The van der Waals surface area contributed by atoms with E-state index in [1.807, 2.05) is 61.5 Å². The summed E-state index contributed by atoms with van der Waals surface area (Å²) in [7, 11) is 0.0306.